The van der Waals surface area contributed by atoms with Crippen molar-refractivity contribution in [1.29, 1.82) is 0 Å². The standard InChI is InChI=1S/C15H23ClN4O2/c1-18(2)8-9-20(5)15(22)14(21)17-11-6-7-13(19(3)4)12(16)10-11/h6-7,10H,8-9H2,1-5H3,(H,17,21). The average Bonchev–Trinajstić information content (AvgIpc) is 2.43. The molecule has 1 aromatic carbocycles. The van der Waals surface area contributed by atoms with Gasteiger partial charge in [0, 0.05) is 39.9 Å². The molecule has 0 spiro atoms. The molecule has 0 bridgehead atoms. The van der Waals surface area contributed by atoms with E-state index in [-0.39, 0.29) is 0 Å². The Morgan fingerprint density at radius 3 is 2.23 bits per heavy atom. The topological polar surface area (TPSA) is 55.9 Å². The molecule has 6 nitrogen and oxygen atoms in total. The summed E-state index contributed by atoms with van der Waals surface area (Å²) in [5.41, 5.74) is 1.34. The highest BCUT2D eigenvalue weighted by atomic mass is 35.5. The Morgan fingerprint density at radius 2 is 1.73 bits per heavy atom. The SMILES string of the molecule is CN(C)CCN(C)C(=O)C(=O)Nc1ccc(N(C)C)c(Cl)c1. The zero-order chi connectivity index (χ0) is 16.9. The number of halogens is 1. The lowest BCUT2D eigenvalue weighted by Gasteiger charge is -2.19. The fourth-order valence-electron chi connectivity index (χ4n) is 1.76. The Bertz CT molecular complexity index is 546. The molecule has 0 unspecified atom stereocenters. The summed E-state index contributed by atoms with van der Waals surface area (Å²) in [7, 11) is 9.18. The van der Waals surface area contributed by atoms with Crippen LogP contribution in [0.25, 0.3) is 0 Å². The van der Waals surface area contributed by atoms with Crippen LogP contribution < -0.4 is 10.2 Å². The number of anilines is 2. The molecule has 22 heavy (non-hydrogen) atoms. The molecule has 0 radical (unpaired) electrons. The highest BCUT2D eigenvalue weighted by Gasteiger charge is 2.19. The molecule has 0 heterocycles. The smallest absolute Gasteiger partial charge is 0.313 e. The van der Waals surface area contributed by atoms with Crippen LogP contribution >= 0.6 is 11.6 Å². The van der Waals surface area contributed by atoms with Gasteiger partial charge in [0.05, 0.1) is 10.7 Å². The van der Waals surface area contributed by atoms with Crippen molar-refractivity contribution >= 4 is 34.8 Å². The van der Waals surface area contributed by atoms with Gasteiger partial charge in [-0.05, 0) is 32.3 Å². The minimum absolute atomic E-state index is 0.486. The van der Waals surface area contributed by atoms with Crippen LogP contribution in [0.15, 0.2) is 18.2 Å². The summed E-state index contributed by atoms with van der Waals surface area (Å²) in [6.07, 6.45) is 0. The summed E-state index contributed by atoms with van der Waals surface area (Å²) in [5, 5.41) is 3.08. The van der Waals surface area contributed by atoms with Crippen LogP contribution in [0.4, 0.5) is 11.4 Å². The molecule has 1 N–H and O–H groups in total. The second-order valence-electron chi connectivity index (χ2n) is 5.54. The highest BCUT2D eigenvalue weighted by Crippen LogP contribution is 2.27. The van der Waals surface area contributed by atoms with E-state index in [1.807, 2.05) is 38.0 Å². The maximum atomic E-state index is 12.0. The van der Waals surface area contributed by atoms with Crippen LogP contribution in [0.2, 0.25) is 5.02 Å². The monoisotopic (exact) mass is 326 g/mol. The highest BCUT2D eigenvalue weighted by molar-refractivity contribution is 6.39. The van der Waals surface area contributed by atoms with Crippen molar-refractivity contribution in [2.24, 2.45) is 0 Å². The normalized spacial score (nSPS) is 10.5. The molecule has 7 heteroatoms. The van der Waals surface area contributed by atoms with E-state index in [1.165, 1.54) is 4.90 Å². The summed E-state index contributed by atoms with van der Waals surface area (Å²) >= 11 is 6.14. The van der Waals surface area contributed by atoms with Gasteiger partial charge in [-0.15, -0.1) is 0 Å². The van der Waals surface area contributed by atoms with Gasteiger partial charge in [0.1, 0.15) is 0 Å². The van der Waals surface area contributed by atoms with Gasteiger partial charge in [-0.1, -0.05) is 11.6 Å². The maximum Gasteiger partial charge on any atom is 0.313 e. The van der Waals surface area contributed by atoms with E-state index < -0.39 is 11.8 Å². The second-order valence-corrected chi connectivity index (χ2v) is 5.95. The van der Waals surface area contributed by atoms with Gasteiger partial charge in [0.15, 0.2) is 0 Å². The van der Waals surface area contributed by atoms with Gasteiger partial charge in [-0.2, -0.15) is 0 Å². The number of nitrogens with one attached hydrogen (secondary N) is 1. The third kappa shape index (κ3) is 5.20. The lowest BCUT2D eigenvalue weighted by atomic mass is 10.2. The number of hydrogen-bond donors (Lipinski definition) is 1. The van der Waals surface area contributed by atoms with Crippen LogP contribution in [0, 0.1) is 0 Å². The van der Waals surface area contributed by atoms with Crippen molar-refractivity contribution < 1.29 is 9.59 Å². The van der Waals surface area contributed by atoms with Crippen molar-refractivity contribution in [3.8, 4) is 0 Å². The van der Waals surface area contributed by atoms with Gasteiger partial charge in [0.2, 0.25) is 0 Å². The predicted octanol–water partition coefficient (Wildman–Crippen LogP) is 1.36. The van der Waals surface area contributed by atoms with Crippen LogP contribution in [-0.2, 0) is 9.59 Å². The van der Waals surface area contributed by atoms with Crippen molar-refractivity contribution in [3.63, 3.8) is 0 Å². The minimum Gasteiger partial charge on any atom is -0.376 e. The molecule has 0 aliphatic carbocycles. The van der Waals surface area contributed by atoms with Crippen LogP contribution in [0.3, 0.4) is 0 Å². The number of nitrogens with zero attached hydrogens (tertiary/aromatic N) is 3. The van der Waals surface area contributed by atoms with E-state index in [9.17, 15) is 9.59 Å². The van der Waals surface area contributed by atoms with E-state index in [4.69, 9.17) is 11.6 Å². The lowest BCUT2D eigenvalue weighted by Crippen LogP contribution is -2.40. The number of hydrogen-bond acceptors (Lipinski definition) is 4. The Balaban J connectivity index is 2.68. The molecule has 2 amide bonds. The second kappa shape index (κ2) is 8.00. The van der Waals surface area contributed by atoms with E-state index in [2.05, 4.69) is 5.32 Å². The molecule has 0 saturated carbocycles. The molecule has 0 atom stereocenters. The summed E-state index contributed by atoms with van der Waals surface area (Å²) < 4.78 is 0. The summed E-state index contributed by atoms with van der Waals surface area (Å²) in [5.74, 6) is -1.25. The van der Waals surface area contributed by atoms with E-state index in [0.29, 0.717) is 23.8 Å². The summed E-state index contributed by atoms with van der Waals surface area (Å²) in [4.78, 5) is 29.1. The average molecular weight is 327 g/mol. The molecular formula is C15H23ClN4O2. The van der Waals surface area contributed by atoms with Crippen LogP contribution in [-0.4, -0.2) is 69.9 Å². The fourth-order valence-corrected chi connectivity index (χ4v) is 2.11. The number of carbonyl (C=O) groups excluding carboxylic acids is 2. The largest absolute Gasteiger partial charge is 0.376 e. The van der Waals surface area contributed by atoms with E-state index in [1.54, 1.807) is 25.2 Å². The van der Waals surface area contributed by atoms with Crippen molar-refractivity contribution in [1.82, 2.24) is 9.80 Å². The lowest BCUT2D eigenvalue weighted by molar-refractivity contribution is -0.142. The molecule has 1 rings (SSSR count). The fraction of sp³-hybridized carbons (Fsp3) is 0.467. The Labute approximate surface area is 136 Å². The number of amides is 2. The van der Waals surface area contributed by atoms with Crippen LogP contribution in [0.1, 0.15) is 0 Å². The number of benzene rings is 1. The van der Waals surface area contributed by atoms with Gasteiger partial charge < -0.3 is 20.0 Å². The number of likely N-dealkylation sites (N-methyl/N-ethyl adjacent to an activating group) is 2. The first kappa shape index (κ1) is 18.3. The molecule has 0 aliphatic rings. The zero-order valence-electron chi connectivity index (χ0n) is 13.7. The van der Waals surface area contributed by atoms with E-state index >= 15 is 0 Å². The van der Waals surface area contributed by atoms with Gasteiger partial charge in [0.25, 0.3) is 0 Å². The third-order valence-electron chi connectivity index (χ3n) is 3.11. The molecule has 0 aromatic heterocycles. The quantitative estimate of drug-likeness (QED) is 0.830. The summed E-state index contributed by atoms with van der Waals surface area (Å²) in [6.45, 7) is 1.18. The van der Waals surface area contributed by atoms with Gasteiger partial charge >= 0.3 is 11.8 Å². The zero-order valence-corrected chi connectivity index (χ0v) is 14.4. The Kier molecular flexibility index (Phi) is 6.64. The molecule has 122 valence electrons. The summed E-state index contributed by atoms with van der Waals surface area (Å²) in [6, 6.07) is 5.13. The third-order valence-corrected chi connectivity index (χ3v) is 3.41. The molecular weight excluding hydrogens is 304 g/mol. The predicted molar refractivity (Wildman–Crippen MR) is 90.6 cm³/mol. The molecule has 1 aromatic rings. The van der Waals surface area contributed by atoms with Crippen molar-refractivity contribution in [2.45, 2.75) is 0 Å². The Hall–Kier alpha value is -1.79. The Morgan fingerprint density at radius 1 is 1.09 bits per heavy atom. The minimum atomic E-state index is -0.671. The first-order valence-corrected chi connectivity index (χ1v) is 7.28. The van der Waals surface area contributed by atoms with E-state index in [0.717, 1.165) is 5.69 Å². The number of carbonyl (C=O) groups is 2. The maximum absolute atomic E-state index is 12.0. The van der Waals surface area contributed by atoms with Crippen molar-refractivity contribution in [3.05, 3.63) is 23.2 Å². The first-order valence-electron chi connectivity index (χ1n) is 6.90. The van der Waals surface area contributed by atoms with Gasteiger partial charge in [-0.25, -0.2) is 0 Å². The molecule has 0 saturated heterocycles. The molecule has 0 fully saturated rings. The van der Waals surface area contributed by atoms with Crippen molar-refractivity contribution in [2.75, 3.05) is 58.5 Å². The number of rotatable bonds is 5. The van der Waals surface area contributed by atoms with Gasteiger partial charge in [-0.3, -0.25) is 9.59 Å². The van der Waals surface area contributed by atoms with Crippen LogP contribution in [0.5, 0.6) is 0 Å². The first-order chi connectivity index (χ1) is 10.2. The molecule has 0 aliphatic heterocycles.